The van der Waals surface area contributed by atoms with Gasteiger partial charge in [0.2, 0.25) is 0 Å². The predicted molar refractivity (Wildman–Crippen MR) is 210 cm³/mol. The van der Waals surface area contributed by atoms with E-state index >= 15 is 8.78 Å². The average Bonchev–Trinajstić information content (AvgIpc) is 3.46. The number of ether oxygens (including phenoxy) is 3. The summed E-state index contributed by atoms with van der Waals surface area (Å²) in [5, 5.41) is 6.07. The van der Waals surface area contributed by atoms with Gasteiger partial charge in [-0.05, 0) is 84.1 Å². The summed E-state index contributed by atoms with van der Waals surface area (Å²) in [6, 6.07) is 9.66. The highest BCUT2D eigenvalue weighted by Gasteiger charge is 2.36. The van der Waals surface area contributed by atoms with Crippen molar-refractivity contribution in [1.29, 1.82) is 0 Å². The van der Waals surface area contributed by atoms with Gasteiger partial charge in [-0.15, -0.1) is 0 Å². The number of carbonyl (C=O) groups excluding carboxylic acids is 1. The quantitative estimate of drug-likeness (QED) is 0.131. The zero-order valence-electron chi connectivity index (χ0n) is 32.4. The molecule has 1 saturated heterocycles. The monoisotopic (exact) mass is 791 g/mol. The average molecular weight is 792 g/mol. The normalized spacial score (nSPS) is 18.4. The van der Waals surface area contributed by atoms with Gasteiger partial charge in [-0.25, -0.2) is 13.2 Å². The van der Waals surface area contributed by atoms with Crippen LogP contribution in [0.1, 0.15) is 48.4 Å². The van der Waals surface area contributed by atoms with Crippen molar-refractivity contribution in [2.75, 3.05) is 66.2 Å². The van der Waals surface area contributed by atoms with Crippen LogP contribution in [0.4, 0.5) is 19.0 Å². The second-order valence-electron chi connectivity index (χ2n) is 15.0. The van der Waals surface area contributed by atoms with Gasteiger partial charge in [0.15, 0.2) is 18.3 Å². The number of aromatic nitrogens is 4. The molecular weight excluding hydrogens is 747 g/mol. The summed E-state index contributed by atoms with van der Waals surface area (Å²) in [5.74, 6) is -0.669. The van der Waals surface area contributed by atoms with Gasteiger partial charge in [-0.2, -0.15) is 15.1 Å². The summed E-state index contributed by atoms with van der Waals surface area (Å²) in [6.07, 6.45) is 2.16. The van der Waals surface area contributed by atoms with Gasteiger partial charge in [0.1, 0.15) is 29.5 Å². The Kier molecular flexibility index (Phi) is 11.2. The third-order valence-corrected chi connectivity index (χ3v) is 11.0. The Labute approximate surface area is 328 Å². The van der Waals surface area contributed by atoms with Gasteiger partial charge < -0.3 is 28.9 Å². The van der Waals surface area contributed by atoms with Crippen molar-refractivity contribution in [2.24, 2.45) is 5.41 Å². The molecule has 0 N–H and O–H groups in total. The second-order valence-corrected chi connectivity index (χ2v) is 15.4. The van der Waals surface area contributed by atoms with E-state index in [0.29, 0.717) is 108 Å². The molecule has 0 aliphatic carbocycles. The van der Waals surface area contributed by atoms with E-state index in [2.05, 4.69) is 15.0 Å². The molecule has 296 valence electrons. The highest BCUT2D eigenvalue weighted by molar-refractivity contribution is 6.35. The fraction of sp³-hybridized carbons (Fsp3) is 0.415. The van der Waals surface area contributed by atoms with E-state index in [9.17, 15) is 9.18 Å². The van der Waals surface area contributed by atoms with Gasteiger partial charge in [0.05, 0.1) is 23.6 Å². The second kappa shape index (κ2) is 15.9. The van der Waals surface area contributed by atoms with Crippen LogP contribution in [-0.4, -0.2) is 96.7 Å². The van der Waals surface area contributed by atoms with Crippen molar-refractivity contribution in [3.05, 3.63) is 81.9 Å². The van der Waals surface area contributed by atoms with E-state index in [4.69, 9.17) is 30.8 Å². The van der Waals surface area contributed by atoms with Gasteiger partial charge in [0, 0.05) is 63.7 Å². The number of amides is 1. The minimum absolute atomic E-state index is 0.00670. The minimum atomic E-state index is -0.760. The van der Waals surface area contributed by atoms with Crippen LogP contribution in [0, 0.1) is 17.0 Å². The van der Waals surface area contributed by atoms with E-state index in [1.165, 1.54) is 18.1 Å². The molecule has 4 heterocycles. The number of aryl methyl sites for hydroxylation is 2. The first-order chi connectivity index (χ1) is 26.8. The summed E-state index contributed by atoms with van der Waals surface area (Å²) in [6.45, 7) is 6.31. The van der Waals surface area contributed by atoms with Crippen LogP contribution in [0.5, 0.6) is 11.8 Å². The lowest BCUT2D eigenvalue weighted by Gasteiger charge is -2.40. The number of anilines is 1. The Morgan fingerprint density at radius 3 is 2.62 bits per heavy atom. The smallest absolute Gasteiger partial charge is 0.319 e. The van der Waals surface area contributed by atoms with E-state index in [1.54, 1.807) is 44.4 Å². The zero-order chi connectivity index (χ0) is 39.9. The molecule has 1 fully saturated rings. The Morgan fingerprint density at radius 2 is 1.89 bits per heavy atom. The molecule has 2 aliphatic rings. The Bertz CT molecular complexity index is 2350. The maximum Gasteiger partial charge on any atom is 0.319 e. The number of piperidine rings is 1. The molecule has 0 unspecified atom stereocenters. The molecule has 0 radical (unpaired) electrons. The van der Waals surface area contributed by atoms with Crippen LogP contribution < -0.4 is 14.4 Å². The highest BCUT2D eigenvalue weighted by Crippen LogP contribution is 2.45. The maximum atomic E-state index is 17.6. The molecular formula is C41H45ClF3N7O4. The first kappa shape index (κ1) is 39.3. The summed E-state index contributed by atoms with van der Waals surface area (Å²) in [5.41, 5.74) is 1.67. The number of hydrogen-bond donors (Lipinski definition) is 0. The van der Waals surface area contributed by atoms with E-state index in [-0.39, 0.29) is 41.4 Å². The first-order valence-corrected chi connectivity index (χ1v) is 18.9. The zero-order valence-corrected chi connectivity index (χ0v) is 33.1. The lowest BCUT2D eigenvalue weighted by molar-refractivity contribution is 0.0512. The molecule has 1 atom stereocenters. The van der Waals surface area contributed by atoms with E-state index < -0.39 is 17.0 Å². The molecule has 5 aromatic rings. The Hall–Kier alpha value is -4.92. The number of benzene rings is 3. The van der Waals surface area contributed by atoms with E-state index in [1.807, 2.05) is 30.5 Å². The van der Waals surface area contributed by atoms with Crippen molar-refractivity contribution in [2.45, 2.75) is 46.2 Å². The predicted octanol–water partition coefficient (Wildman–Crippen LogP) is 7.81. The number of fused-ring (bicyclic) bond motifs is 3. The topological polar surface area (TPSA) is 98.1 Å². The molecule has 2 aliphatic heterocycles. The molecule has 7 rings (SSSR count). The van der Waals surface area contributed by atoms with E-state index in [0.717, 1.165) is 5.69 Å². The Morgan fingerprint density at radius 1 is 1.09 bits per heavy atom. The van der Waals surface area contributed by atoms with Crippen molar-refractivity contribution in [1.82, 2.24) is 29.5 Å². The van der Waals surface area contributed by atoms with Crippen LogP contribution in [0.15, 0.2) is 48.3 Å². The standard InChI is InChI=1S/C41H45ClF3N7O4/c1-7-28-32(44)10-9-24-15-27(56-23-54-6)17-29(34(24)28)35-31(42)18-30-37(36(35)45)46-40(55-22-41(2)21-50(5)14-11-25(41)19-43)47-38(30)51-12-8-13-52-26(20-51)16-33(48-52)39(53)49(3)4/h9-10,15-19H,7-8,11-14,20-23H2,1-6H3/b25-19+/t41-/m0/s1. The minimum Gasteiger partial charge on any atom is -0.468 e. The summed E-state index contributed by atoms with van der Waals surface area (Å²) in [4.78, 5) is 27.9. The van der Waals surface area contributed by atoms with Crippen LogP contribution >= 0.6 is 11.6 Å². The Balaban J connectivity index is 1.42. The highest BCUT2D eigenvalue weighted by atomic mass is 35.5. The largest absolute Gasteiger partial charge is 0.468 e. The molecule has 11 nitrogen and oxygen atoms in total. The number of halogens is 4. The molecule has 15 heteroatoms. The lowest BCUT2D eigenvalue weighted by atomic mass is 9.78. The fourth-order valence-corrected chi connectivity index (χ4v) is 8.16. The van der Waals surface area contributed by atoms with Crippen molar-refractivity contribution < 1.29 is 32.2 Å². The van der Waals surface area contributed by atoms with Gasteiger partial charge in [0.25, 0.3) is 5.91 Å². The molecule has 56 heavy (non-hydrogen) atoms. The summed E-state index contributed by atoms with van der Waals surface area (Å²) < 4.78 is 66.2. The summed E-state index contributed by atoms with van der Waals surface area (Å²) in [7, 11) is 6.80. The molecule has 0 saturated carbocycles. The van der Waals surface area contributed by atoms with Crippen molar-refractivity contribution >= 4 is 45.0 Å². The number of methoxy groups -OCH3 is 1. The van der Waals surface area contributed by atoms with Crippen LogP contribution in [0.25, 0.3) is 32.8 Å². The van der Waals surface area contributed by atoms with Crippen LogP contribution in [0.2, 0.25) is 5.02 Å². The molecule has 0 bridgehead atoms. The van der Waals surface area contributed by atoms with Crippen molar-refractivity contribution in [3.63, 3.8) is 0 Å². The number of rotatable bonds is 10. The lowest BCUT2D eigenvalue weighted by Crippen LogP contribution is -2.44. The van der Waals surface area contributed by atoms with Gasteiger partial charge in [-0.1, -0.05) is 31.5 Å². The number of likely N-dealkylation sites (tertiary alicyclic amines) is 1. The first-order valence-electron chi connectivity index (χ1n) is 18.6. The SMILES string of the molecule is CCc1c(F)ccc2cc(OCOC)cc(-c3c(Cl)cc4c(N5CCCn6nc(C(=O)N(C)C)cc6C5)nc(OC[C@]5(C)CN(C)CC/C5=C\F)nc4c3F)c12. The molecule has 0 spiro atoms. The van der Waals surface area contributed by atoms with Crippen LogP contribution in [-0.2, 0) is 24.2 Å². The van der Waals surface area contributed by atoms with Gasteiger partial charge in [-0.3, -0.25) is 9.48 Å². The number of hydrogen-bond acceptors (Lipinski definition) is 9. The molecule has 1 amide bonds. The van der Waals surface area contributed by atoms with Crippen molar-refractivity contribution in [3.8, 4) is 22.9 Å². The van der Waals surface area contributed by atoms with Crippen LogP contribution in [0.3, 0.4) is 0 Å². The fourth-order valence-electron chi connectivity index (χ4n) is 7.87. The maximum absolute atomic E-state index is 17.6. The third kappa shape index (κ3) is 7.37. The molecule has 2 aromatic heterocycles. The number of carbonyl (C=O) groups is 1. The van der Waals surface area contributed by atoms with Gasteiger partial charge >= 0.3 is 6.01 Å². The molecule has 3 aromatic carbocycles. The summed E-state index contributed by atoms with van der Waals surface area (Å²) >= 11 is 7.09. The third-order valence-electron chi connectivity index (χ3n) is 10.7. The number of nitrogens with zero attached hydrogens (tertiary/aromatic N) is 7.